The van der Waals surface area contributed by atoms with Gasteiger partial charge in [-0.2, -0.15) is 4.99 Å². The number of nitrogens with zero attached hydrogens (tertiary/aromatic N) is 5. The number of hydrogen-bond acceptors (Lipinski definition) is 6. The van der Waals surface area contributed by atoms with Crippen LogP contribution < -0.4 is 9.64 Å². The van der Waals surface area contributed by atoms with E-state index in [1.807, 2.05) is 38.1 Å². The van der Waals surface area contributed by atoms with Crippen molar-refractivity contribution >= 4 is 34.4 Å². The molecule has 2 aliphatic rings. The number of benzene rings is 3. The lowest BCUT2D eigenvalue weighted by atomic mass is 10.0. The largest absolute Gasteiger partial charge is 0.573 e. The molecule has 6 rings (SSSR count). The Kier molecular flexibility index (Phi) is 8.21. The molecule has 13 heteroatoms. The van der Waals surface area contributed by atoms with E-state index in [1.165, 1.54) is 64.1 Å². The van der Waals surface area contributed by atoms with Gasteiger partial charge in [-0.3, -0.25) is 14.5 Å². The molecule has 1 saturated heterocycles. The zero-order chi connectivity index (χ0) is 31.9. The van der Waals surface area contributed by atoms with Crippen molar-refractivity contribution < 1.29 is 31.9 Å². The van der Waals surface area contributed by atoms with Gasteiger partial charge in [-0.15, -0.1) is 18.3 Å². The fourth-order valence-electron chi connectivity index (χ4n) is 5.33. The van der Waals surface area contributed by atoms with Gasteiger partial charge in [0.1, 0.15) is 17.9 Å². The number of hydrogen-bond donors (Lipinski definition) is 0. The summed E-state index contributed by atoms with van der Waals surface area (Å²) >= 11 is 1.20. The number of alkyl halides is 3. The van der Waals surface area contributed by atoms with Crippen LogP contribution in [0.1, 0.15) is 49.7 Å². The van der Waals surface area contributed by atoms with E-state index >= 15 is 0 Å². The maximum Gasteiger partial charge on any atom is 0.573 e. The van der Waals surface area contributed by atoms with Crippen LogP contribution in [-0.2, 0) is 9.59 Å². The van der Waals surface area contributed by atoms with E-state index in [4.69, 9.17) is 0 Å². The number of ether oxygens (including phenoxy) is 1. The second-order valence-electron chi connectivity index (χ2n) is 11.1. The van der Waals surface area contributed by atoms with Crippen LogP contribution in [0.3, 0.4) is 0 Å². The van der Waals surface area contributed by atoms with Gasteiger partial charge in [0.25, 0.3) is 0 Å². The predicted octanol–water partition coefficient (Wildman–Crippen LogP) is 7.25. The number of amidine groups is 1. The van der Waals surface area contributed by atoms with Crippen LogP contribution >= 0.6 is 11.8 Å². The summed E-state index contributed by atoms with van der Waals surface area (Å²) < 4.78 is 56.5. The van der Waals surface area contributed by atoms with Gasteiger partial charge in [0, 0.05) is 12.0 Å². The lowest BCUT2D eigenvalue weighted by molar-refractivity contribution is -0.274. The minimum absolute atomic E-state index is 0.0290. The van der Waals surface area contributed by atoms with Gasteiger partial charge in [0.2, 0.25) is 11.8 Å². The first-order chi connectivity index (χ1) is 21.4. The van der Waals surface area contributed by atoms with E-state index in [2.05, 4.69) is 19.8 Å². The van der Waals surface area contributed by atoms with E-state index < -0.39 is 6.36 Å². The molecule has 8 nitrogen and oxygen atoms in total. The normalized spacial score (nSPS) is 19.0. The highest BCUT2D eigenvalue weighted by molar-refractivity contribution is 8.15. The molecule has 2 heterocycles. The van der Waals surface area contributed by atoms with Crippen molar-refractivity contribution in [3.8, 4) is 22.8 Å². The molecule has 0 spiro atoms. The number of thioether (sulfide) groups is 1. The van der Waals surface area contributed by atoms with Gasteiger partial charge in [-0.25, -0.2) is 14.1 Å². The van der Waals surface area contributed by atoms with Crippen LogP contribution in [0.15, 0.2) is 78.0 Å². The van der Waals surface area contributed by atoms with Crippen LogP contribution in [0.2, 0.25) is 0 Å². The van der Waals surface area contributed by atoms with E-state index in [9.17, 15) is 27.2 Å². The summed E-state index contributed by atoms with van der Waals surface area (Å²) in [6.07, 6.45) is -2.20. The highest BCUT2D eigenvalue weighted by Crippen LogP contribution is 2.50. The van der Waals surface area contributed by atoms with E-state index in [0.29, 0.717) is 27.9 Å². The van der Waals surface area contributed by atoms with Gasteiger partial charge in [-0.05, 0) is 77.8 Å². The molecule has 2 amide bonds. The summed E-state index contributed by atoms with van der Waals surface area (Å²) in [6.45, 7) is 3.83. The number of anilines is 1. The van der Waals surface area contributed by atoms with Gasteiger partial charge in [0.05, 0.1) is 17.1 Å². The Balaban J connectivity index is 1.08. The number of aromatic nitrogens is 3. The summed E-state index contributed by atoms with van der Waals surface area (Å²) in [4.78, 5) is 35.7. The first-order valence-electron chi connectivity index (χ1n) is 14.2. The second kappa shape index (κ2) is 12.1. The van der Waals surface area contributed by atoms with E-state index in [1.54, 1.807) is 6.07 Å². The molecule has 4 aromatic rings. The molecular weight excluding hydrogens is 610 g/mol. The van der Waals surface area contributed by atoms with Gasteiger partial charge in [0.15, 0.2) is 11.0 Å². The molecule has 3 aromatic carbocycles. The maximum atomic E-state index is 13.9. The Morgan fingerprint density at radius 2 is 1.82 bits per heavy atom. The average Bonchev–Trinajstić information content (AvgIpc) is 3.39. The average molecular weight is 638 g/mol. The number of aliphatic imine (C=N–C) groups is 1. The third-order valence-electron chi connectivity index (χ3n) is 7.62. The van der Waals surface area contributed by atoms with Gasteiger partial charge in [-0.1, -0.05) is 49.9 Å². The molecule has 232 valence electrons. The van der Waals surface area contributed by atoms with Crippen molar-refractivity contribution in [2.24, 2.45) is 10.9 Å². The van der Waals surface area contributed by atoms with Crippen LogP contribution in [0.25, 0.3) is 17.1 Å². The van der Waals surface area contributed by atoms with Crippen LogP contribution in [0, 0.1) is 11.7 Å². The SMILES string of the molecule is CC(C)c1cc(F)ccc1N1C(=O)CSC1=NC(=O)CC1CC1c1ccc(-c2ncn(-c3ccc(OC(F)(F)F)cc3)n2)cc1. The number of halogens is 4. The first kappa shape index (κ1) is 30.5. The fraction of sp³-hybridized carbons (Fsp3) is 0.281. The molecule has 0 radical (unpaired) electrons. The molecule has 1 saturated carbocycles. The Morgan fingerprint density at radius 1 is 1.09 bits per heavy atom. The lowest BCUT2D eigenvalue weighted by Gasteiger charge is -2.21. The van der Waals surface area contributed by atoms with Crippen molar-refractivity contribution in [1.82, 2.24) is 14.8 Å². The minimum Gasteiger partial charge on any atom is -0.406 e. The Hall–Kier alpha value is -4.52. The lowest BCUT2D eigenvalue weighted by Crippen LogP contribution is -2.31. The van der Waals surface area contributed by atoms with Crippen molar-refractivity contribution in [1.29, 1.82) is 0 Å². The smallest absolute Gasteiger partial charge is 0.406 e. The molecule has 1 aromatic heterocycles. The van der Waals surface area contributed by atoms with E-state index in [0.717, 1.165) is 17.5 Å². The monoisotopic (exact) mass is 637 g/mol. The standard InChI is InChI=1S/C32H27F4N5O3S/c1-18(2)25-15-22(33)7-12-27(25)41-29(43)16-45-31(41)38-28(42)14-21-13-26(21)19-3-5-20(6-4-19)30-37-17-40(39-30)23-8-10-24(11-9-23)44-32(34,35)36/h3-12,15,17-18,21,26H,13-14,16H2,1-2H3. The van der Waals surface area contributed by atoms with Crippen molar-refractivity contribution in [2.45, 2.75) is 44.9 Å². The second-order valence-corrected chi connectivity index (χ2v) is 12.1. The van der Waals surface area contributed by atoms with Gasteiger partial charge >= 0.3 is 6.36 Å². The topological polar surface area (TPSA) is 89.7 Å². The molecule has 1 aliphatic carbocycles. The molecular formula is C32H27F4N5O3S. The zero-order valence-corrected chi connectivity index (χ0v) is 25.0. The Labute approximate surface area is 260 Å². The maximum absolute atomic E-state index is 13.9. The molecule has 1 aliphatic heterocycles. The highest BCUT2D eigenvalue weighted by atomic mass is 32.2. The molecule has 2 fully saturated rings. The number of carbonyl (C=O) groups excluding carboxylic acids is 2. The van der Waals surface area contributed by atoms with Crippen LogP contribution in [0.4, 0.5) is 23.2 Å². The third kappa shape index (κ3) is 6.93. The summed E-state index contributed by atoms with van der Waals surface area (Å²) in [5, 5.41) is 4.75. The summed E-state index contributed by atoms with van der Waals surface area (Å²) in [7, 11) is 0. The van der Waals surface area contributed by atoms with Crippen molar-refractivity contribution in [3.05, 3.63) is 90.0 Å². The first-order valence-corrected chi connectivity index (χ1v) is 15.2. The van der Waals surface area contributed by atoms with Crippen LogP contribution in [0.5, 0.6) is 5.75 Å². The number of rotatable bonds is 8. The minimum atomic E-state index is -4.76. The molecule has 0 bridgehead atoms. The Morgan fingerprint density at radius 3 is 2.51 bits per heavy atom. The highest BCUT2D eigenvalue weighted by Gasteiger charge is 2.40. The quantitative estimate of drug-likeness (QED) is 0.189. The van der Waals surface area contributed by atoms with Crippen molar-refractivity contribution in [3.63, 3.8) is 0 Å². The summed E-state index contributed by atoms with van der Waals surface area (Å²) in [6, 6.07) is 17.3. The molecule has 45 heavy (non-hydrogen) atoms. The molecule has 0 N–H and O–H groups in total. The molecule has 2 unspecified atom stereocenters. The van der Waals surface area contributed by atoms with Gasteiger partial charge < -0.3 is 4.74 Å². The fourth-order valence-corrected chi connectivity index (χ4v) is 6.21. The number of carbonyl (C=O) groups is 2. The number of amides is 2. The zero-order valence-electron chi connectivity index (χ0n) is 24.2. The summed E-state index contributed by atoms with van der Waals surface area (Å²) in [5.74, 6) is -0.303. The predicted molar refractivity (Wildman–Crippen MR) is 162 cm³/mol. The van der Waals surface area contributed by atoms with Crippen LogP contribution in [-0.4, -0.2) is 43.9 Å². The third-order valence-corrected chi connectivity index (χ3v) is 8.54. The molecule has 2 atom stereocenters. The van der Waals surface area contributed by atoms with E-state index in [-0.39, 0.29) is 53.3 Å². The Bertz CT molecular complexity index is 1770. The van der Waals surface area contributed by atoms with Crippen molar-refractivity contribution in [2.75, 3.05) is 10.7 Å². The summed E-state index contributed by atoms with van der Waals surface area (Å²) in [5.41, 5.74) is 3.58.